The average molecular weight is 286 g/mol. The molecule has 0 unspecified atom stereocenters. The number of aryl methyl sites for hydroxylation is 1. The number of unbranched alkanes of at least 4 members (excludes halogenated alkanes) is 2. The number of aromatic nitrogens is 1. The largest absolute Gasteiger partial charge is 0.490 e. The maximum atomic E-state index is 5.96. The lowest BCUT2D eigenvalue weighted by molar-refractivity contribution is 0.273. The topological polar surface area (TPSA) is 34.1 Å². The van der Waals surface area contributed by atoms with Crippen LogP contribution in [-0.2, 0) is 6.42 Å². The SMILES string of the molecule is CCC#CCCCCc1ncccc1OC[C@@H]1CCCN1. The summed E-state index contributed by atoms with van der Waals surface area (Å²) in [6.45, 7) is 3.96. The van der Waals surface area contributed by atoms with Gasteiger partial charge in [-0.25, -0.2) is 0 Å². The van der Waals surface area contributed by atoms with Gasteiger partial charge in [0.25, 0.3) is 0 Å². The van der Waals surface area contributed by atoms with Crippen LogP contribution in [0.1, 0.15) is 51.1 Å². The Kier molecular flexibility index (Phi) is 7.11. The van der Waals surface area contributed by atoms with E-state index in [-0.39, 0.29) is 0 Å². The molecule has 0 spiro atoms. The number of nitrogens with zero attached hydrogens (tertiary/aromatic N) is 1. The van der Waals surface area contributed by atoms with Crippen LogP contribution in [0.15, 0.2) is 18.3 Å². The van der Waals surface area contributed by atoms with E-state index in [1.165, 1.54) is 12.8 Å². The van der Waals surface area contributed by atoms with Gasteiger partial charge >= 0.3 is 0 Å². The molecule has 3 nitrogen and oxygen atoms in total. The summed E-state index contributed by atoms with van der Waals surface area (Å²) in [5.41, 5.74) is 1.08. The van der Waals surface area contributed by atoms with Crippen molar-refractivity contribution < 1.29 is 4.74 Å². The van der Waals surface area contributed by atoms with E-state index >= 15 is 0 Å². The second-order valence-electron chi connectivity index (χ2n) is 5.47. The molecule has 0 aromatic carbocycles. The van der Waals surface area contributed by atoms with Crippen LogP contribution < -0.4 is 10.1 Å². The van der Waals surface area contributed by atoms with E-state index in [9.17, 15) is 0 Å². The normalized spacial score (nSPS) is 17.3. The van der Waals surface area contributed by atoms with Gasteiger partial charge < -0.3 is 10.1 Å². The van der Waals surface area contributed by atoms with Crippen LogP contribution in [0.4, 0.5) is 0 Å². The number of rotatable bonds is 7. The Morgan fingerprint density at radius 3 is 3.14 bits per heavy atom. The number of hydrogen-bond donors (Lipinski definition) is 1. The van der Waals surface area contributed by atoms with Crippen molar-refractivity contribution in [1.82, 2.24) is 10.3 Å². The van der Waals surface area contributed by atoms with Crippen molar-refractivity contribution in [2.45, 2.75) is 57.9 Å². The summed E-state index contributed by atoms with van der Waals surface area (Å²) in [5, 5.41) is 3.46. The molecule has 1 aromatic rings. The fourth-order valence-corrected chi connectivity index (χ4v) is 2.55. The Labute approximate surface area is 128 Å². The highest BCUT2D eigenvalue weighted by atomic mass is 16.5. The van der Waals surface area contributed by atoms with Crippen LogP contribution in [0.25, 0.3) is 0 Å². The zero-order valence-corrected chi connectivity index (χ0v) is 13.0. The lowest BCUT2D eigenvalue weighted by Crippen LogP contribution is -2.28. The third kappa shape index (κ3) is 5.77. The molecule has 0 saturated carbocycles. The molecule has 1 atom stereocenters. The van der Waals surface area contributed by atoms with Gasteiger partial charge in [-0.2, -0.15) is 0 Å². The maximum absolute atomic E-state index is 5.96. The van der Waals surface area contributed by atoms with Crippen molar-refractivity contribution in [3.05, 3.63) is 24.0 Å². The summed E-state index contributed by atoms with van der Waals surface area (Å²) < 4.78 is 5.96. The standard InChI is InChI=1S/C18H26N2O/c1-2-3-4-5-6-7-11-17-18(12-9-14-20-17)21-15-16-10-8-13-19-16/h9,12,14,16,19H,2,5-8,10-11,13,15H2,1H3/t16-/m0/s1. The molecule has 3 heteroatoms. The Morgan fingerprint density at radius 1 is 1.38 bits per heavy atom. The van der Waals surface area contributed by atoms with Crippen molar-refractivity contribution in [3.63, 3.8) is 0 Å². The summed E-state index contributed by atoms with van der Waals surface area (Å²) in [6, 6.07) is 4.49. The van der Waals surface area contributed by atoms with E-state index < -0.39 is 0 Å². The fraction of sp³-hybridized carbons (Fsp3) is 0.611. The quantitative estimate of drug-likeness (QED) is 0.616. The van der Waals surface area contributed by atoms with Gasteiger partial charge in [-0.15, -0.1) is 11.8 Å². The third-order valence-electron chi connectivity index (χ3n) is 3.72. The molecule has 1 aliphatic heterocycles. The molecule has 21 heavy (non-hydrogen) atoms. The van der Waals surface area contributed by atoms with Crippen LogP contribution in [0, 0.1) is 11.8 Å². The van der Waals surface area contributed by atoms with Crippen LogP contribution in [0.3, 0.4) is 0 Å². The van der Waals surface area contributed by atoms with E-state index in [2.05, 4.69) is 29.1 Å². The van der Waals surface area contributed by atoms with Gasteiger partial charge in [0.05, 0.1) is 5.69 Å². The van der Waals surface area contributed by atoms with Crippen LogP contribution >= 0.6 is 0 Å². The Balaban J connectivity index is 1.76. The van der Waals surface area contributed by atoms with Gasteiger partial charge in [-0.05, 0) is 50.8 Å². The predicted molar refractivity (Wildman–Crippen MR) is 86.4 cm³/mol. The summed E-state index contributed by atoms with van der Waals surface area (Å²) in [4.78, 5) is 4.48. The smallest absolute Gasteiger partial charge is 0.140 e. The minimum atomic E-state index is 0.502. The minimum Gasteiger partial charge on any atom is -0.490 e. The molecule has 0 amide bonds. The molecule has 1 aromatic heterocycles. The number of nitrogens with one attached hydrogen (secondary N) is 1. The molecule has 0 bridgehead atoms. The van der Waals surface area contributed by atoms with E-state index in [4.69, 9.17) is 4.74 Å². The summed E-state index contributed by atoms with van der Waals surface area (Å²) in [6.07, 6.45) is 9.49. The highest BCUT2D eigenvalue weighted by Crippen LogP contribution is 2.19. The Morgan fingerprint density at radius 2 is 2.33 bits per heavy atom. The molecular formula is C18H26N2O. The predicted octanol–water partition coefficient (Wildman–Crippen LogP) is 3.34. The van der Waals surface area contributed by atoms with Crippen molar-refractivity contribution >= 4 is 0 Å². The molecule has 114 valence electrons. The summed E-state index contributed by atoms with van der Waals surface area (Å²) in [7, 11) is 0. The van der Waals surface area contributed by atoms with E-state index in [0.717, 1.165) is 56.7 Å². The molecule has 1 fully saturated rings. The second kappa shape index (κ2) is 9.41. The fourth-order valence-electron chi connectivity index (χ4n) is 2.55. The van der Waals surface area contributed by atoms with E-state index in [1.54, 1.807) is 0 Å². The second-order valence-corrected chi connectivity index (χ2v) is 5.47. The highest BCUT2D eigenvalue weighted by molar-refractivity contribution is 5.27. The molecule has 0 aliphatic carbocycles. The van der Waals surface area contributed by atoms with Crippen molar-refractivity contribution in [2.75, 3.05) is 13.2 Å². The zero-order chi connectivity index (χ0) is 14.8. The number of hydrogen-bond acceptors (Lipinski definition) is 3. The first-order chi connectivity index (χ1) is 10.4. The summed E-state index contributed by atoms with van der Waals surface area (Å²) in [5.74, 6) is 7.25. The first-order valence-electron chi connectivity index (χ1n) is 8.16. The Hall–Kier alpha value is -1.53. The monoisotopic (exact) mass is 286 g/mol. The third-order valence-corrected chi connectivity index (χ3v) is 3.72. The molecule has 2 rings (SSSR count). The van der Waals surface area contributed by atoms with Crippen LogP contribution in [-0.4, -0.2) is 24.2 Å². The average Bonchev–Trinajstić information content (AvgIpc) is 3.03. The van der Waals surface area contributed by atoms with Gasteiger partial charge in [0.2, 0.25) is 0 Å². The van der Waals surface area contributed by atoms with Gasteiger partial charge in [-0.3, -0.25) is 4.98 Å². The molecule has 1 aliphatic rings. The van der Waals surface area contributed by atoms with Gasteiger partial charge in [-0.1, -0.05) is 6.92 Å². The first kappa shape index (κ1) is 15.9. The zero-order valence-electron chi connectivity index (χ0n) is 13.0. The minimum absolute atomic E-state index is 0.502. The summed E-state index contributed by atoms with van der Waals surface area (Å²) >= 11 is 0. The lowest BCUT2D eigenvalue weighted by atomic mass is 10.1. The molecule has 0 radical (unpaired) electrons. The van der Waals surface area contributed by atoms with Crippen molar-refractivity contribution in [2.24, 2.45) is 0 Å². The lowest BCUT2D eigenvalue weighted by Gasteiger charge is -2.14. The van der Waals surface area contributed by atoms with Gasteiger partial charge in [0, 0.05) is 25.1 Å². The van der Waals surface area contributed by atoms with Gasteiger partial charge in [0.15, 0.2) is 0 Å². The van der Waals surface area contributed by atoms with Crippen LogP contribution in [0.5, 0.6) is 5.75 Å². The van der Waals surface area contributed by atoms with Crippen molar-refractivity contribution in [3.8, 4) is 17.6 Å². The molecule has 2 heterocycles. The van der Waals surface area contributed by atoms with E-state index in [1.807, 2.05) is 18.3 Å². The molecule has 1 N–H and O–H groups in total. The Bertz CT molecular complexity index is 470. The first-order valence-corrected chi connectivity index (χ1v) is 8.16. The highest BCUT2D eigenvalue weighted by Gasteiger charge is 2.15. The van der Waals surface area contributed by atoms with Gasteiger partial charge in [0.1, 0.15) is 12.4 Å². The molecular weight excluding hydrogens is 260 g/mol. The van der Waals surface area contributed by atoms with Crippen molar-refractivity contribution in [1.29, 1.82) is 0 Å². The van der Waals surface area contributed by atoms with E-state index in [0.29, 0.717) is 6.04 Å². The number of ether oxygens (including phenoxy) is 1. The molecule has 1 saturated heterocycles. The maximum Gasteiger partial charge on any atom is 0.140 e. The number of pyridine rings is 1. The van der Waals surface area contributed by atoms with Crippen LogP contribution in [0.2, 0.25) is 0 Å².